The molecule has 1 saturated heterocycles. The number of halogens is 2. The van der Waals surface area contributed by atoms with Crippen LogP contribution in [0.3, 0.4) is 0 Å². The van der Waals surface area contributed by atoms with E-state index in [1.54, 1.807) is 0 Å². The third-order valence-corrected chi connectivity index (χ3v) is 5.44. The minimum atomic E-state index is -0.0356. The van der Waals surface area contributed by atoms with Crippen LogP contribution < -0.4 is 5.73 Å². The van der Waals surface area contributed by atoms with Gasteiger partial charge in [0, 0.05) is 24.4 Å². The summed E-state index contributed by atoms with van der Waals surface area (Å²) in [6, 6.07) is 10.1. The lowest BCUT2D eigenvalue weighted by Crippen LogP contribution is -2.30. The van der Waals surface area contributed by atoms with Crippen LogP contribution in [0.15, 0.2) is 34.7 Å². The Hall–Kier alpha value is -1.56. The molecule has 7 heteroatoms. The van der Waals surface area contributed by atoms with Gasteiger partial charge in [-0.05, 0) is 32.2 Å². The number of carbonyl (C=O) groups is 1. The van der Waals surface area contributed by atoms with E-state index in [4.69, 9.17) is 15.1 Å². The molecule has 0 bridgehead atoms. The van der Waals surface area contributed by atoms with Gasteiger partial charge in [-0.15, -0.1) is 24.8 Å². The van der Waals surface area contributed by atoms with Crippen molar-refractivity contribution in [2.24, 2.45) is 5.73 Å². The highest BCUT2D eigenvalue weighted by Crippen LogP contribution is 2.37. The molecule has 1 aliphatic rings. The zero-order chi connectivity index (χ0) is 19.9. The summed E-state index contributed by atoms with van der Waals surface area (Å²) in [5, 5.41) is 0. The lowest BCUT2D eigenvalue weighted by atomic mass is 10.0. The minimum absolute atomic E-state index is 0. The van der Waals surface area contributed by atoms with E-state index in [1.807, 2.05) is 23.1 Å². The number of unbranched alkanes of at least 4 members (excludes halogenated alkanes) is 3. The second kappa shape index (κ2) is 13.0. The van der Waals surface area contributed by atoms with E-state index in [9.17, 15) is 4.79 Å². The first-order chi connectivity index (χ1) is 13.6. The van der Waals surface area contributed by atoms with Gasteiger partial charge in [0.1, 0.15) is 17.5 Å². The average Bonchev–Trinajstić information content (AvgIpc) is 3.35. The highest BCUT2D eigenvalue weighted by Gasteiger charge is 2.34. The zero-order valence-corrected chi connectivity index (χ0v) is 19.6. The summed E-state index contributed by atoms with van der Waals surface area (Å²) in [6.07, 6.45) is 6.66. The first kappa shape index (κ1) is 26.5. The lowest BCUT2D eigenvalue weighted by Gasteiger charge is -2.22. The lowest BCUT2D eigenvalue weighted by molar-refractivity contribution is -0.132. The standard InChI is InChI=1S/C23H33N3O2.2ClH/c1-17(2)22-21(18-11-6-5-7-12-18)25-23(28-22)19-13-10-16-26(19)20(27)14-8-3-4-9-15-24;;/h5-7,11-12,17,19H,3-4,8-10,13-16,24H2,1-2H3;2*1H. The van der Waals surface area contributed by atoms with E-state index in [2.05, 4.69) is 26.0 Å². The molecule has 5 nitrogen and oxygen atoms in total. The number of benzene rings is 1. The van der Waals surface area contributed by atoms with Crippen LogP contribution in [-0.4, -0.2) is 28.9 Å². The molecule has 1 aromatic carbocycles. The molecule has 1 amide bonds. The van der Waals surface area contributed by atoms with E-state index in [-0.39, 0.29) is 42.7 Å². The number of aromatic nitrogens is 1. The van der Waals surface area contributed by atoms with Gasteiger partial charge in [0.2, 0.25) is 11.8 Å². The first-order valence-electron chi connectivity index (χ1n) is 10.7. The van der Waals surface area contributed by atoms with Crippen LogP contribution in [0.5, 0.6) is 0 Å². The Labute approximate surface area is 192 Å². The molecule has 0 radical (unpaired) electrons. The highest BCUT2D eigenvalue weighted by molar-refractivity contribution is 5.85. The monoisotopic (exact) mass is 455 g/mol. The van der Waals surface area contributed by atoms with Crippen molar-refractivity contribution in [3.8, 4) is 11.3 Å². The van der Waals surface area contributed by atoms with Crippen molar-refractivity contribution in [1.29, 1.82) is 0 Å². The Balaban J connectivity index is 0.00000225. The summed E-state index contributed by atoms with van der Waals surface area (Å²) in [6.45, 7) is 5.77. The number of likely N-dealkylation sites (tertiary alicyclic amines) is 1. The smallest absolute Gasteiger partial charge is 0.223 e. The van der Waals surface area contributed by atoms with Crippen LogP contribution in [-0.2, 0) is 4.79 Å². The molecule has 1 aromatic heterocycles. The van der Waals surface area contributed by atoms with Gasteiger partial charge < -0.3 is 15.1 Å². The SMILES string of the molecule is CC(C)c1oc(C2CCCN2C(=O)CCCCCCN)nc1-c1ccccc1.Cl.Cl. The number of carbonyl (C=O) groups excluding carboxylic acids is 1. The average molecular weight is 456 g/mol. The third kappa shape index (κ3) is 6.47. The molecule has 168 valence electrons. The molecule has 2 N–H and O–H groups in total. The van der Waals surface area contributed by atoms with Crippen molar-refractivity contribution in [3.05, 3.63) is 42.0 Å². The zero-order valence-electron chi connectivity index (χ0n) is 18.0. The Morgan fingerprint density at radius 3 is 2.53 bits per heavy atom. The van der Waals surface area contributed by atoms with Crippen molar-refractivity contribution in [2.45, 2.75) is 70.8 Å². The van der Waals surface area contributed by atoms with Gasteiger partial charge in [-0.25, -0.2) is 4.98 Å². The van der Waals surface area contributed by atoms with Gasteiger partial charge in [0.15, 0.2) is 0 Å². The van der Waals surface area contributed by atoms with Crippen molar-refractivity contribution in [1.82, 2.24) is 9.88 Å². The quantitative estimate of drug-likeness (QED) is 0.478. The molecule has 3 rings (SSSR count). The van der Waals surface area contributed by atoms with Gasteiger partial charge >= 0.3 is 0 Å². The normalized spacial score (nSPS) is 15.7. The van der Waals surface area contributed by atoms with E-state index in [1.165, 1.54) is 0 Å². The number of oxazole rings is 1. The molecular formula is C23H35Cl2N3O2. The molecule has 2 aromatic rings. The molecule has 0 saturated carbocycles. The van der Waals surface area contributed by atoms with Crippen LogP contribution in [0.1, 0.15) is 82.4 Å². The van der Waals surface area contributed by atoms with E-state index >= 15 is 0 Å². The predicted octanol–water partition coefficient (Wildman–Crippen LogP) is 5.88. The topological polar surface area (TPSA) is 72.4 Å². The molecule has 1 atom stereocenters. The fraction of sp³-hybridized carbons (Fsp3) is 0.565. The summed E-state index contributed by atoms with van der Waals surface area (Å²) >= 11 is 0. The first-order valence-corrected chi connectivity index (χ1v) is 10.7. The maximum absolute atomic E-state index is 12.8. The number of rotatable bonds is 9. The van der Waals surface area contributed by atoms with Crippen molar-refractivity contribution >= 4 is 30.7 Å². The number of amides is 1. The Morgan fingerprint density at radius 1 is 1.17 bits per heavy atom. The van der Waals surface area contributed by atoms with Crippen molar-refractivity contribution in [3.63, 3.8) is 0 Å². The van der Waals surface area contributed by atoms with E-state index < -0.39 is 0 Å². The summed E-state index contributed by atoms with van der Waals surface area (Å²) in [5.74, 6) is 2.06. The Morgan fingerprint density at radius 2 is 1.87 bits per heavy atom. The summed E-state index contributed by atoms with van der Waals surface area (Å²) in [5.41, 5.74) is 7.51. The van der Waals surface area contributed by atoms with Gasteiger partial charge in [0.25, 0.3) is 0 Å². The maximum atomic E-state index is 12.8. The molecule has 2 heterocycles. The van der Waals surface area contributed by atoms with Crippen LogP contribution in [0.2, 0.25) is 0 Å². The fourth-order valence-electron chi connectivity index (χ4n) is 3.93. The van der Waals surface area contributed by atoms with E-state index in [0.29, 0.717) is 12.3 Å². The largest absolute Gasteiger partial charge is 0.442 e. The third-order valence-electron chi connectivity index (χ3n) is 5.44. The predicted molar refractivity (Wildman–Crippen MR) is 126 cm³/mol. The Kier molecular flexibility index (Phi) is 11.5. The summed E-state index contributed by atoms with van der Waals surface area (Å²) < 4.78 is 6.23. The maximum Gasteiger partial charge on any atom is 0.223 e. The molecule has 1 fully saturated rings. The summed E-state index contributed by atoms with van der Waals surface area (Å²) in [4.78, 5) is 19.6. The van der Waals surface area contributed by atoms with Crippen molar-refractivity contribution in [2.75, 3.05) is 13.1 Å². The molecular weight excluding hydrogens is 421 g/mol. The minimum Gasteiger partial charge on any atom is -0.442 e. The number of hydrogen-bond donors (Lipinski definition) is 1. The van der Waals surface area contributed by atoms with Crippen LogP contribution in [0.4, 0.5) is 0 Å². The van der Waals surface area contributed by atoms with E-state index in [0.717, 1.165) is 68.6 Å². The highest BCUT2D eigenvalue weighted by atomic mass is 35.5. The van der Waals surface area contributed by atoms with Gasteiger partial charge in [-0.3, -0.25) is 4.79 Å². The summed E-state index contributed by atoms with van der Waals surface area (Å²) in [7, 11) is 0. The molecule has 0 spiro atoms. The van der Waals surface area contributed by atoms with Crippen LogP contribution in [0, 0.1) is 0 Å². The van der Waals surface area contributed by atoms with Gasteiger partial charge in [-0.2, -0.15) is 0 Å². The van der Waals surface area contributed by atoms with Gasteiger partial charge in [-0.1, -0.05) is 57.0 Å². The van der Waals surface area contributed by atoms with Crippen LogP contribution in [0.25, 0.3) is 11.3 Å². The molecule has 0 aliphatic carbocycles. The molecule has 1 aliphatic heterocycles. The second-order valence-electron chi connectivity index (χ2n) is 7.98. The number of hydrogen-bond acceptors (Lipinski definition) is 4. The number of nitrogens with zero attached hydrogens (tertiary/aromatic N) is 2. The fourth-order valence-corrected chi connectivity index (χ4v) is 3.93. The van der Waals surface area contributed by atoms with Gasteiger partial charge in [0.05, 0.1) is 0 Å². The van der Waals surface area contributed by atoms with Crippen molar-refractivity contribution < 1.29 is 9.21 Å². The molecule has 30 heavy (non-hydrogen) atoms. The number of nitrogens with two attached hydrogens (primary N) is 1. The second-order valence-corrected chi connectivity index (χ2v) is 7.98. The molecule has 1 unspecified atom stereocenters. The van der Waals surface area contributed by atoms with Crippen LogP contribution >= 0.6 is 24.8 Å². The Bertz CT molecular complexity index is 765.